The Labute approximate surface area is 141 Å². The Morgan fingerprint density at radius 2 is 1.88 bits per heavy atom. The average Bonchev–Trinajstić information content (AvgIpc) is 3.03. The molecule has 3 nitrogen and oxygen atoms in total. The first-order valence-electron chi connectivity index (χ1n) is 8.87. The van der Waals surface area contributed by atoms with Crippen molar-refractivity contribution in [3.05, 3.63) is 35.9 Å². The van der Waals surface area contributed by atoms with E-state index < -0.39 is 12.0 Å². The summed E-state index contributed by atoms with van der Waals surface area (Å²) < 4.78 is 26.6. The van der Waals surface area contributed by atoms with Gasteiger partial charge in [0.1, 0.15) is 0 Å². The van der Waals surface area contributed by atoms with E-state index in [1.165, 1.54) is 0 Å². The van der Waals surface area contributed by atoms with Crippen LogP contribution in [0.2, 0.25) is 0 Å². The summed E-state index contributed by atoms with van der Waals surface area (Å²) in [7, 11) is 0. The molecule has 132 valence electrons. The molecule has 24 heavy (non-hydrogen) atoms. The van der Waals surface area contributed by atoms with Crippen LogP contribution in [0.1, 0.15) is 56.6 Å². The fourth-order valence-corrected chi connectivity index (χ4v) is 3.96. The molecule has 2 fully saturated rings. The Balaban J connectivity index is 1.60. The summed E-state index contributed by atoms with van der Waals surface area (Å²) in [4.78, 5) is 14.6. The maximum atomic E-state index is 13.3. The lowest BCUT2D eigenvalue weighted by Gasteiger charge is -2.33. The number of carbonyl (C=O) groups is 1. The molecule has 0 bridgehead atoms. The SMILES string of the molecule is O=C(C1CCC(F)(F)CC1)N1CCC[C@H]1C[C@H](O)c1ccccc1. The van der Waals surface area contributed by atoms with Crippen LogP contribution in [-0.2, 0) is 4.79 Å². The third-order valence-electron chi connectivity index (χ3n) is 5.41. The van der Waals surface area contributed by atoms with Crippen LogP contribution in [0.5, 0.6) is 0 Å². The summed E-state index contributed by atoms with van der Waals surface area (Å²) in [6.45, 7) is 0.678. The highest BCUT2D eigenvalue weighted by molar-refractivity contribution is 5.79. The van der Waals surface area contributed by atoms with Gasteiger partial charge in [0.2, 0.25) is 11.8 Å². The molecule has 0 spiro atoms. The molecule has 1 aromatic rings. The molecule has 0 unspecified atom stereocenters. The van der Waals surface area contributed by atoms with Gasteiger partial charge >= 0.3 is 0 Å². The molecule has 3 rings (SSSR count). The third kappa shape index (κ3) is 3.94. The normalized spacial score (nSPS) is 25.6. The molecule has 0 aromatic heterocycles. The van der Waals surface area contributed by atoms with Crippen molar-refractivity contribution in [3.8, 4) is 0 Å². The fourth-order valence-electron chi connectivity index (χ4n) is 3.96. The smallest absolute Gasteiger partial charge is 0.248 e. The number of halogens is 2. The van der Waals surface area contributed by atoms with Gasteiger partial charge in [-0.05, 0) is 37.7 Å². The van der Waals surface area contributed by atoms with Crippen molar-refractivity contribution in [2.45, 2.75) is 63.0 Å². The molecule has 1 amide bonds. The molecule has 5 heteroatoms. The lowest BCUT2D eigenvalue weighted by atomic mass is 9.85. The predicted octanol–water partition coefficient (Wildman–Crippen LogP) is 3.93. The maximum Gasteiger partial charge on any atom is 0.248 e. The number of aliphatic hydroxyl groups is 1. The average molecular weight is 337 g/mol. The summed E-state index contributed by atoms with van der Waals surface area (Å²) >= 11 is 0. The highest BCUT2D eigenvalue weighted by Crippen LogP contribution is 2.38. The minimum Gasteiger partial charge on any atom is -0.388 e. The van der Waals surface area contributed by atoms with E-state index in [2.05, 4.69) is 0 Å². The minimum atomic E-state index is -2.61. The van der Waals surface area contributed by atoms with Gasteiger partial charge in [-0.15, -0.1) is 0 Å². The predicted molar refractivity (Wildman–Crippen MR) is 87.7 cm³/mol. The van der Waals surface area contributed by atoms with Gasteiger partial charge in [-0.2, -0.15) is 0 Å². The van der Waals surface area contributed by atoms with Crippen molar-refractivity contribution < 1.29 is 18.7 Å². The van der Waals surface area contributed by atoms with Gasteiger partial charge < -0.3 is 10.0 Å². The van der Waals surface area contributed by atoms with E-state index in [-0.39, 0.29) is 43.6 Å². The number of hydrogen-bond acceptors (Lipinski definition) is 2. The van der Waals surface area contributed by atoms with Gasteiger partial charge in [0, 0.05) is 31.3 Å². The highest BCUT2D eigenvalue weighted by atomic mass is 19.3. The lowest BCUT2D eigenvalue weighted by molar-refractivity contribution is -0.141. The third-order valence-corrected chi connectivity index (χ3v) is 5.41. The number of amides is 1. The van der Waals surface area contributed by atoms with Gasteiger partial charge in [0.25, 0.3) is 0 Å². The van der Waals surface area contributed by atoms with Crippen LogP contribution in [0, 0.1) is 5.92 Å². The first-order valence-corrected chi connectivity index (χ1v) is 8.87. The lowest BCUT2D eigenvalue weighted by Crippen LogP contribution is -2.42. The number of alkyl halides is 2. The molecule has 1 aromatic carbocycles. The standard InChI is InChI=1S/C19H25F2NO2/c20-19(21)10-8-15(9-11-19)18(24)22-12-4-7-16(22)13-17(23)14-5-2-1-3-6-14/h1-3,5-6,15-17,23H,4,7-13H2/t16-,17-/m0/s1. The van der Waals surface area contributed by atoms with Crippen LogP contribution in [0.25, 0.3) is 0 Å². The van der Waals surface area contributed by atoms with Gasteiger partial charge in [-0.1, -0.05) is 30.3 Å². The Morgan fingerprint density at radius 1 is 1.21 bits per heavy atom. The van der Waals surface area contributed by atoms with E-state index >= 15 is 0 Å². The number of nitrogens with zero attached hydrogens (tertiary/aromatic N) is 1. The van der Waals surface area contributed by atoms with E-state index in [1.54, 1.807) is 0 Å². The highest BCUT2D eigenvalue weighted by Gasteiger charge is 2.40. The number of likely N-dealkylation sites (tertiary alicyclic amines) is 1. The van der Waals surface area contributed by atoms with E-state index in [4.69, 9.17) is 0 Å². The topological polar surface area (TPSA) is 40.5 Å². The molecule has 1 saturated heterocycles. The Morgan fingerprint density at radius 3 is 2.54 bits per heavy atom. The zero-order valence-electron chi connectivity index (χ0n) is 13.8. The minimum absolute atomic E-state index is 0.00765. The zero-order valence-corrected chi connectivity index (χ0v) is 13.8. The molecule has 1 aliphatic heterocycles. The van der Waals surface area contributed by atoms with Gasteiger partial charge in [-0.25, -0.2) is 8.78 Å². The fraction of sp³-hybridized carbons (Fsp3) is 0.632. The summed E-state index contributed by atoms with van der Waals surface area (Å²) in [5.74, 6) is -2.88. The van der Waals surface area contributed by atoms with Crippen molar-refractivity contribution in [2.24, 2.45) is 5.92 Å². The molecule has 1 aliphatic carbocycles. The van der Waals surface area contributed by atoms with E-state index in [0.29, 0.717) is 13.0 Å². The molecule has 1 saturated carbocycles. The molecule has 0 radical (unpaired) electrons. The van der Waals surface area contributed by atoms with Gasteiger partial charge in [0.05, 0.1) is 6.10 Å². The van der Waals surface area contributed by atoms with Crippen LogP contribution in [0.4, 0.5) is 8.78 Å². The Bertz CT molecular complexity index is 554. The summed E-state index contributed by atoms with van der Waals surface area (Å²) in [6, 6.07) is 9.45. The van der Waals surface area contributed by atoms with Gasteiger partial charge in [0.15, 0.2) is 0 Å². The summed E-state index contributed by atoms with van der Waals surface area (Å²) in [5.41, 5.74) is 0.856. The second kappa shape index (κ2) is 7.18. The van der Waals surface area contributed by atoms with Crippen molar-refractivity contribution in [3.63, 3.8) is 0 Å². The first kappa shape index (κ1) is 17.3. The zero-order chi connectivity index (χ0) is 17.2. The molecule has 2 atom stereocenters. The second-order valence-electron chi connectivity index (χ2n) is 7.12. The van der Waals surface area contributed by atoms with E-state index in [0.717, 1.165) is 18.4 Å². The molecule has 1 N–H and O–H groups in total. The van der Waals surface area contributed by atoms with Crippen molar-refractivity contribution in [2.75, 3.05) is 6.54 Å². The van der Waals surface area contributed by atoms with Crippen molar-refractivity contribution in [1.82, 2.24) is 4.90 Å². The largest absolute Gasteiger partial charge is 0.388 e. The first-order chi connectivity index (χ1) is 11.5. The summed E-state index contributed by atoms with van der Waals surface area (Å²) in [6.07, 6.45) is 1.88. The number of benzene rings is 1. The van der Waals surface area contributed by atoms with Crippen molar-refractivity contribution in [1.29, 1.82) is 0 Å². The van der Waals surface area contributed by atoms with Crippen LogP contribution < -0.4 is 0 Å². The monoisotopic (exact) mass is 337 g/mol. The molecule has 2 aliphatic rings. The van der Waals surface area contributed by atoms with Gasteiger partial charge in [-0.3, -0.25) is 4.79 Å². The number of hydrogen-bond donors (Lipinski definition) is 1. The quantitative estimate of drug-likeness (QED) is 0.904. The number of aliphatic hydroxyl groups excluding tert-OH is 1. The van der Waals surface area contributed by atoms with Crippen LogP contribution in [-0.4, -0.2) is 34.4 Å². The number of carbonyl (C=O) groups excluding carboxylic acids is 1. The molecular formula is C19H25F2NO2. The van der Waals surface area contributed by atoms with E-state index in [1.807, 2.05) is 35.2 Å². The van der Waals surface area contributed by atoms with Crippen molar-refractivity contribution >= 4 is 5.91 Å². The second-order valence-corrected chi connectivity index (χ2v) is 7.12. The summed E-state index contributed by atoms with van der Waals surface area (Å²) in [5, 5.41) is 10.4. The maximum absolute atomic E-state index is 13.3. The van der Waals surface area contributed by atoms with E-state index in [9.17, 15) is 18.7 Å². The molecular weight excluding hydrogens is 312 g/mol. The molecule has 1 heterocycles. The van der Waals surface area contributed by atoms with Crippen LogP contribution in [0.15, 0.2) is 30.3 Å². The van der Waals surface area contributed by atoms with Crippen LogP contribution >= 0.6 is 0 Å². The Hall–Kier alpha value is -1.49. The van der Waals surface area contributed by atoms with Crippen LogP contribution in [0.3, 0.4) is 0 Å². The number of rotatable bonds is 4. The Kier molecular flexibility index (Phi) is 5.18.